The van der Waals surface area contributed by atoms with Gasteiger partial charge in [-0.25, -0.2) is 9.18 Å². The second kappa shape index (κ2) is 5.97. The quantitative estimate of drug-likeness (QED) is 0.721. The molecule has 0 radical (unpaired) electrons. The third kappa shape index (κ3) is 5.14. The molecule has 0 spiro atoms. The molecule has 0 amide bonds. The van der Waals surface area contributed by atoms with E-state index in [1.54, 1.807) is 17.8 Å². The predicted molar refractivity (Wildman–Crippen MR) is 65.4 cm³/mol. The zero-order chi connectivity index (χ0) is 13.0. The van der Waals surface area contributed by atoms with Gasteiger partial charge in [-0.15, -0.1) is 11.8 Å². The molecule has 1 aromatic rings. The molecule has 0 aromatic heterocycles. The van der Waals surface area contributed by atoms with E-state index in [0.717, 1.165) is 4.90 Å². The first-order chi connectivity index (χ1) is 7.90. The van der Waals surface area contributed by atoms with Gasteiger partial charge >= 0.3 is 6.16 Å². The second-order valence-electron chi connectivity index (χ2n) is 3.40. The number of hydrogen-bond donors (Lipinski definition) is 3. The highest BCUT2D eigenvalue weighted by molar-refractivity contribution is 8.00. The minimum Gasteiger partial charge on any atom is -0.450 e. The number of anilines is 1. The van der Waals surface area contributed by atoms with E-state index in [4.69, 9.17) is 32.3 Å². The van der Waals surface area contributed by atoms with Crippen molar-refractivity contribution in [2.45, 2.75) is 23.0 Å². The van der Waals surface area contributed by atoms with Crippen molar-refractivity contribution in [2.75, 3.05) is 5.73 Å². The Morgan fingerprint density at radius 1 is 1.47 bits per heavy atom. The number of rotatable bonds is 2. The third-order valence-electron chi connectivity index (χ3n) is 1.87. The van der Waals surface area contributed by atoms with E-state index < -0.39 is 12.0 Å². The number of hydrogen-bond acceptors (Lipinski definition) is 3. The molecular formula is C10H11ClFNO3S. The van der Waals surface area contributed by atoms with Gasteiger partial charge in [0.2, 0.25) is 0 Å². The maximum Gasteiger partial charge on any atom is 0.503 e. The lowest BCUT2D eigenvalue weighted by molar-refractivity contribution is 0.137. The molecule has 0 saturated heterocycles. The second-order valence-corrected chi connectivity index (χ2v) is 5.15. The van der Waals surface area contributed by atoms with Crippen LogP contribution in [0.15, 0.2) is 17.0 Å². The van der Waals surface area contributed by atoms with Crippen LogP contribution in [0.4, 0.5) is 14.9 Å². The normalized spacial score (nSPS) is 13.8. The number of nitrogen functional groups attached to an aromatic ring is 1. The lowest BCUT2D eigenvalue weighted by Gasteiger charge is -2.04. The summed E-state index contributed by atoms with van der Waals surface area (Å²) in [6.07, 6.45) is 0.608. The first-order valence-electron chi connectivity index (χ1n) is 4.73. The van der Waals surface area contributed by atoms with Crippen LogP contribution in [-0.2, 0) is 0 Å². The molecule has 94 valence electrons. The summed E-state index contributed by atoms with van der Waals surface area (Å²) in [4.78, 5) is 9.45. The largest absolute Gasteiger partial charge is 0.503 e. The summed E-state index contributed by atoms with van der Waals surface area (Å²) >= 11 is 7.54. The fourth-order valence-corrected chi connectivity index (χ4v) is 2.38. The van der Waals surface area contributed by atoms with Gasteiger partial charge in [-0.05, 0) is 25.0 Å². The van der Waals surface area contributed by atoms with Gasteiger partial charge in [0.05, 0.1) is 10.7 Å². The summed E-state index contributed by atoms with van der Waals surface area (Å²) in [6.45, 7) is 0. The van der Waals surface area contributed by atoms with Gasteiger partial charge in [-0.2, -0.15) is 0 Å². The number of carboxylic acid groups (broad SMARTS) is 2. The van der Waals surface area contributed by atoms with E-state index in [1.165, 1.54) is 18.9 Å². The maximum absolute atomic E-state index is 12.9. The van der Waals surface area contributed by atoms with E-state index in [-0.39, 0.29) is 5.69 Å². The Morgan fingerprint density at radius 3 is 2.47 bits per heavy atom. The summed E-state index contributed by atoms with van der Waals surface area (Å²) in [7, 11) is 0. The number of halogens is 2. The van der Waals surface area contributed by atoms with Crippen molar-refractivity contribution in [1.82, 2.24) is 0 Å². The van der Waals surface area contributed by atoms with Crippen molar-refractivity contribution in [3.8, 4) is 0 Å². The van der Waals surface area contributed by atoms with Gasteiger partial charge in [0.25, 0.3) is 0 Å². The third-order valence-corrected chi connectivity index (χ3v) is 3.69. The van der Waals surface area contributed by atoms with Crippen LogP contribution < -0.4 is 5.73 Å². The van der Waals surface area contributed by atoms with Crippen LogP contribution in [0.2, 0.25) is 5.02 Å². The first kappa shape index (κ1) is 13.9. The van der Waals surface area contributed by atoms with Gasteiger partial charge in [0, 0.05) is 10.1 Å². The number of thioether (sulfide) groups is 1. The molecule has 4 nitrogen and oxygen atoms in total. The van der Waals surface area contributed by atoms with E-state index in [1.807, 2.05) is 0 Å². The van der Waals surface area contributed by atoms with Crippen LogP contribution in [0.25, 0.3) is 0 Å². The summed E-state index contributed by atoms with van der Waals surface area (Å²) in [6, 6.07) is 2.89. The lowest BCUT2D eigenvalue weighted by Crippen LogP contribution is -1.91. The van der Waals surface area contributed by atoms with Crippen LogP contribution in [-0.4, -0.2) is 21.6 Å². The van der Waals surface area contributed by atoms with E-state index in [9.17, 15) is 4.39 Å². The van der Waals surface area contributed by atoms with Crippen molar-refractivity contribution in [3.63, 3.8) is 0 Å². The molecule has 7 heteroatoms. The molecular weight excluding hydrogens is 269 g/mol. The summed E-state index contributed by atoms with van der Waals surface area (Å²) in [5.41, 5.74) is 5.61. The van der Waals surface area contributed by atoms with Crippen molar-refractivity contribution in [3.05, 3.63) is 23.0 Å². The molecule has 1 aliphatic carbocycles. The molecule has 1 aliphatic rings. The minimum atomic E-state index is -1.83. The Hall–Kier alpha value is -1.14. The molecule has 4 N–H and O–H groups in total. The first-order valence-corrected chi connectivity index (χ1v) is 5.99. The lowest BCUT2D eigenvalue weighted by atomic mass is 10.3. The molecule has 0 bridgehead atoms. The van der Waals surface area contributed by atoms with Crippen LogP contribution in [0.1, 0.15) is 12.8 Å². The van der Waals surface area contributed by atoms with Gasteiger partial charge in [0.1, 0.15) is 5.82 Å². The molecule has 0 unspecified atom stereocenters. The van der Waals surface area contributed by atoms with Crippen LogP contribution >= 0.6 is 23.4 Å². The number of nitrogens with two attached hydrogens (primary N) is 1. The Morgan fingerprint density at radius 2 is 2.00 bits per heavy atom. The Kier molecular flexibility index (Phi) is 4.89. The monoisotopic (exact) mass is 279 g/mol. The standard InChI is InChI=1S/C9H9ClFNS.CH2O3/c10-6-3-7(11)8(12)4-9(6)13-5-1-2-5;2-1(3)4/h3-5H,1-2,12H2;(H2,2,3,4). The smallest absolute Gasteiger partial charge is 0.450 e. The molecule has 1 fully saturated rings. The fraction of sp³-hybridized carbons (Fsp3) is 0.300. The van der Waals surface area contributed by atoms with Crippen LogP contribution in [0.3, 0.4) is 0 Å². The Labute approximate surface area is 107 Å². The molecule has 0 heterocycles. The summed E-state index contributed by atoms with van der Waals surface area (Å²) in [5.74, 6) is -0.440. The Balaban J connectivity index is 0.000000317. The topological polar surface area (TPSA) is 83.6 Å². The van der Waals surface area contributed by atoms with Gasteiger partial charge in [-0.1, -0.05) is 11.6 Å². The fourth-order valence-electron chi connectivity index (χ4n) is 1.00. The van der Waals surface area contributed by atoms with Crippen molar-refractivity contribution in [1.29, 1.82) is 0 Å². The van der Waals surface area contributed by atoms with Gasteiger partial charge < -0.3 is 15.9 Å². The highest BCUT2D eigenvalue weighted by Crippen LogP contribution is 2.42. The minimum absolute atomic E-state index is 0.174. The van der Waals surface area contributed by atoms with Crippen LogP contribution in [0.5, 0.6) is 0 Å². The summed E-state index contributed by atoms with van der Waals surface area (Å²) in [5, 5.41) is 15.1. The van der Waals surface area contributed by atoms with Crippen molar-refractivity contribution >= 4 is 35.2 Å². The maximum atomic E-state index is 12.9. The molecule has 17 heavy (non-hydrogen) atoms. The zero-order valence-corrected chi connectivity index (χ0v) is 10.3. The average molecular weight is 280 g/mol. The molecule has 1 saturated carbocycles. The number of carbonyl (C=O) groups is 1. The van der Waals surface area contributed by atoms with E-state index in [0.29, 0.717) is 10.3 Å². The number of benzene rings is 1. The van der Waals surface area contributed by atoms with Crippen molar-refractivity contribution < 1.29 is 19.4 Å². The predicted octanol–water partition coefficient (Wildman–Crippen LogP) is 3.54. The van der Waals surface area contributed by atoms with E-state index >= 15 is 0 Å². The highest BCUT2D eigenvalue weighted by atomic mass is 35.5. The van der Waals surface area contributed by atoms with Gasteiger partial charge in [-0.3, -0.25) is 0 Å². The SMILES string of the molecule is Nc1cc(SC2CC2)c(Cl)cc1F.O=C(O)O. The Bertz CT molecular complexity index is 422. The van der Waals surface area contributed by atoms with E-state index in [2.05, 4.69) is 0 Å². The van der Waals surface area contributed by atoms with Crippen LogP contribution in [0, 0.1) is 5.82 Å². The zero-order valence-electron chi connectivity index (χ0n) is 8.69. The average Bonchev–Trinajstić information content (AvgIpc) is 2.97. The summed E-state index contributed by atoms with van der Waals surface area (Å²) < 4.78 is 12.9. The molecule has 0 atom stereocenters. The van der Waals surface area contributed by atoms with Gasteiger partial charge in [0.15, 0.2) is 0 Å². The molecule has 1 aromatic carbocycles. The van der Waals surface area contributed by atoms with Crippen molar-refractivity contribution in [2.24, 2.45) is 0 Å². The molecule has 2 rings (SSSR count). The highest BCUT2D eigenvalue weighted by Gasteiger charge is 2.23. The molecule has 0 aliphatic heterocycles.